The SMILES string of the molecule is CCc1cccc(NC(=O)CNC(=NC)NCCCn2c(C)nc3ccccc32)c1.I. The summed E-state index contributed by atoms with van der Waals surface area (Å²) in [6.07, 6.45) is 1.85. The third-order valence-electron chi connectivity index (χ3n) is 4.96. The van der Waals surface area contributed by atoms with Crippen molar-refractivity contribution in [2.24, 2.45) is 4.99 Å². The van der Waals surface area contributed by atoms with Crippen LogP contribution in [0, 0.1) is 6.92 Å². The third-order valence-corrected chi connectivity index (χ3v) is 4.96. The number of anilines is 1. The zero-order valence-electron chi connectivity index (χ0n) is 18.3. The Labute approximate surface area is 200 Å². The minimum Gasteiger partial charge on any atom is -0.356 e. The van der Waals surface area contributed by atoms with E-state index in [9.17, 15) is 4.79 Å². The molecule has 0 aliphatic heterocycles. The first-order valence-electron chi connectivity index (χ1n) is 10.4. The summed E-state index contributed by atoms with van der Waals surface area (Å²) in [5.74, 6) is 1.52. The molecule has 31 heavy (non-hydrogen) atoms. The Kier molecular flexibility index (Phi) is 9.77. The number of fused-ring (bicyclic) bond motifs is 1. The lowest BCUT2D eigenvalue weighted by Crippen LogP contribution is -2.41. The topological polar surface area (TPSA) is 83.3 Å². The number of carbonyl (C=O) groups excluding carboxylic acids is 1. The van der Waals surface area contributed by atoms with Gasteiger partial charge in [-0.1, -0.05) is 31.2 Å². The fraction of sp³-hybridized carbons (Fsp3) is 0.348. The molecule has 1 heterocycles. The van der Waals surface area contributed by atoms with Gasteiger partial charge in [-0.3, -0.25) is 9.79 Å². The fourth-order valence-corrected chi connectivity index (χ4v) is 3.38. The number of rotatable bonds is 8. The number of benzene rings is 2. The molecule has 0 spiro atoms. The number of para-hydroxylation sites is 2. The summed E-state index contributed by atoms with van der Waals surface area (Å²) in [4.78, 5) is 21.0. The number of aromatic nitrogens is 2. The van der Waals surface area contributed by atoms with Crippen molar-refractivity contribution >= 4 is 52.6 Å². The number of nitrogens with zero attached hydrogens (tertiary/aromatic N) is 3. The maximum absolute atomic E-state index is 12.2. The van der Waals surface area contributed by atoms with Gasteiger partial charge in [0.1, 0.15) is 5.82 Å². The maximum Gasteiger partial charge on any atom is 0.243 e. The lowest BCUT2D eigenvalue weighted by Gasteiger charge is -2.13. The summed E-state index contributed by atoms with van der Waals surface area (Å²) < 4.78 is 2.23. The van der Waals surface area contributed by atoms with Crippen molar-refractivity contribution < 1.29 is 4.79 Å². The third kappa shape index (κ3) is 6.95. The molecule has 3 aromatic rings. The van der Waals surface area contributed by atoms with Crippen LogP contribution in [0.3, 0.4) is 0 Å². The highest BCUT2D eigenvalue weighted by atomic mass is 127. The lowest BCUT2D eigenvalue weighted by atomic mass is 10.1. The van der Waals surface area contributed by atoms with Crippen molar-refractivity contribution in [2.45, 2.75) is 33.2 Å². The minimum absolute atomic E-state index is 0. The lowest BCUT2D eigenvalue weighted by molar-refractivity contribution is -0.115. The monoisotopic (exact) mass is 534 g/mol. The number of halogens is 1. The molecule has 0 unspecified atom stereocenters. The van der Waals surface area contributed by atoms with Crippen LogP contribution in [0.5, 0.6) is 0 Å². The maximum atomic E-state index is 12.2. The molecule has 0 saturated carbocycles. The standard InChI is InChI=1S/C23H30N6O.HI/c1-4-18-9-7-10-19(15-18)28-22(30)16-26-23(24-3)25-13-8-14-29-17(2)27-20-11-5-6-12-21(20)29;/h5-7,9-12,15H,4,8,13-14,16H2,1-3H3,(H,28,30)(H2,24,25,26);1H. The molecular weight excluding hydrogens is 503 g/mol. The molecular formula is C23H31IN6O. The smallest absolute Gasteiger partial charge is 0.243 e. The van der Waals surface area contributed by atoms with Gasteiger partial charge in [0, 0.05) is 25.8 Å². The molecule has 0 aliphatic carbocycles. The molecule has 7 nitrogen and oxygen atoms in total. The number of aliphatic imine (C=N–C) groups is 1. The van der Waals surface area contributed by atoms with Crippen molar-refractivity contribution in [3.63, 3.8) is 0 Å². The second-order valence-corrected chi connectivity index (χ2v) is 7.11. The van der Waals surface area contributed by atoms with Crippen LogP contribution >= 0.6 is 24.0 Å². The van der Waals surface area contributed by atoms with E-state index in [0.717, 1.165) is 48.5 Å². The van der Waals surface area contributed by atoms with Gasteiger partial charge in [-0.2, -0.15) is 0 Å². The van der Waals surface area contributed by atoms with Crippen molar-refractivity contribution in [2.75, 3.05) is 25.5 Å². The van der Waals surface area contributed by atoms with E-state index in [0.29, 0.717) is 5.96 Å². The largest absolute Gasteiger partial charge is 0.356 e. The van der Waals surface area contributed by atoms with Crippen LogP contribution in [0.4, 0.5) is 5.69 Å². The Morgan fingerprint density at radius 3 is 2.71 bits per heavy atom. The average molecular weight is 534 g/mol. The van der Waals surface area contributed by atoms with E-state index >= 15 is 0 Å². The molecule has 2 aromatic carbocycles. The highest BCUT2D eigenvalue weighted by molar-refractivity contribution is 14.0. The number of amides is 1. The molecule has 3 rings (SSSR count). The number of guanidine groups is 1. The predicted octanol–water partition coefficient (Wildman–Crippen LogP) is 3.72. The van der Waals surface area contributed by atoms with Gasteiger partial charge in [-0.05, 0) is 49.6 Å². The second kappa shape index (κ2) is 12.3. The molecule has 0 radical (unpaired) electrons. The number of hydrogen-bond acceptors (Lipinski definition) is 3. The Bertz CT molecular complexity index is 1030. The van der Waals surface area contributed by atoms with Gasteiger partial charge in [0.05, 0.1) is 17.6 Å². The highest BCUT2D eigenvalue weighted by Crippen LogP contribution is 2.15. The van der Waals surface area contributed by atoms with Crippen molar-refractivity contribution in [1.82, 2.24) is 20.2 Å². The van der Waals surface area contributed by atoms with Gasteiger partial charge in [0.2, 0.25) is 5.91 Å². The molecule has 1 aromatic heterocycles. The zero-order valence-corrected chi connectivity index (χ0v) is 20.6. The van der Waals surface area contributed by atoms with Crippen LogP contribution in [-0.2, 0) is 17.8 Å². The Morgan fingerprint density at radius 2 is 1.94 bits per heavy atom. The highest BCUT2D eigenvalue weighted by Gasteiger charge is 2.07. The molecule has 0 aliphatic rings. The van der Waals surface area contributed by atoms with Gasteiger partial charge in [-0.25, -0.2) is 4.98 Å². The fourth-order valence-electron chi connectivity index (χ4n) is 3.38. The molecule has 0 saturated heterocycles. The predicted molar refractivity (Wildman–Crippen MR) is 138 cm³/mol. The first kappa shape index (κ1) is 24.6. The van der Waals surface area contributed by atoms with E-state index in [2.05, 4.69) is 43.5 Å². The molecule has 1 amide bonds. The summed E-state index contributed by atoms with van der Waals surface area (Å²) in [6.45, 7) is 5.88. The van der Waals surface area contributed by atoms with E-state index in [1.54, 1.807) is 7.05 Å². The first-order chi connectivity index (χ1) is 14.6. The number of nitrogens with one attached hydrogen (secondary N) is 3. The van der Waals surface area contributed by atoms with Gasteiger partial charge in [0.25, 0.3) is 0 Å². The van der Waals surface area contributed by atoms with Gasteiger partial charge < -0.3 is 20.5 Å². The summed E-state index contributed by atoms with van der Waals surface area (Å²) in [5.41, 5.74) is 4.18. The van der Waals surface area contributed by atoms with Crippen LogP contribution in [0.15, 0.2) is 53.5 Å². The summed E-state index contributed by atoms with van der Waals surface area (Å²) >= 11 is 0. The van der Waals surface area contributed by atoms with Crippen LogP contribution in [-0.4, -0.2) is 41.6 Å². The molecule has 0 fully saturated rings. The van der Waals surface area contributed by atoms with Crippen molar-refractivity contribution in [1.29, 1.82) is 0 Å². The molecule has 3 N–H and O–H groups in total. The van der Waals surface area contributed by atoms with Crippen LogP contribution in [0.1, 0.15) is 24.7 Å². The van der Waals surface area contributed by atoms with Crippen molar-refractivity contribution in [3.05, 3.63) is 59.9 Å². The minimum atomic E-state index is -0.105. The number of imidazole rings is 1. The number of hydrogen-bond donors (Lipinski definition) is 3. The summed E-state index contributed by atoms with van der Waals surface area (Å²) in [5, 5.41) is 9.23. The zero-order chi connectivity index (χ0) is 21.3. The van der Waals surface area contributed by atoms with E-state index in [4.69, 9.17) is 0 Å². The van der Waals surface area contributed by atoms with E-state index in [1.807, 2.05) is 49.4 Å². The number of aryl methyl sites for hydroxylation is 3. The van der Waals surface area contributed by atoms with E-state index in [1.165, 1.54) is 5.56 Å². The van der Waals surface area contributed by atoms with Crippen molar-refractivity contribution in [3.8, 4) is 0 Å². The summed E-state index contributed by atoms with van der Waals surface area (Å²) in [6, 6.07) is 16.1. The van der Waals surface area contributed by atoms with Crippen LogP contribution < -0.4 is 16.0 Å². The molecule has 0 atom stereocenters. The first-order valence-corrected chi connectivity index (χ1v) is 10.4. The Hall–Kier alpha value is -2.62. The van der Waals surface area contributed by atoms with E-state index in [-0.39, 0.29) is 36.4 Å². The second-order valence-electron chi connectivity index (χ2n) is 7.11. The Morgan fingerprint density at radius 1 is 1.13 bits per heavy atom. The van der Waals surface area contributed by atoms with Crippen LogP contribution in [0.2, 0.25) is 0 Å². The molecule has 166 valence electrons. The van der Waals surface area contributed by atoms with Crippen LogP contribution in [0.25, 0.3) is 11.0 Å². The summed E-state index contributed by atoms with van der Waals surface area (Å²) in [7, 11) is 1.70. The van der Waals surface area contributed by atoms with Gasteiger partial charge in [0.15, 0.2) is 5.96 Å². The normalized spacial score (nSPS) is 11.1. The molecule has 8 heteroatoms. The Balaban J connectivity index is 0.00000341. The van der Waals surface area contributed by atoms with E-state index < -0.39 is 0 Å². The van der Waals surface area contributed by atoms with Gasteiger partial charge >= 0.3 is 0 Å². The average Bonchev–Trinajstić information content (AvgIpc) is 3.08. The quantitative estimate of drug-likeness (QED) is 0.178. The molecule has 0 bridgehead atoms. The van der Waals surface area contributed by atoms with Gasteiger partial charge in [-0.15, -0.1) is 24.0 Å². The number of carbonyl (C=O) groups is 1.